The average molecular weight is 340 g/mol. The Balaban J connectivity index is 2.18. The van der Waals surface area contributed by atoms with E-state index < -0.39 is 5.97 Å². The van der Waals surface area contributed by atoms with Crippen LogP contribution in [0.3, 0.4) is 0 Å². The van der Waals surface area contributed by atoms with Crippen molar-refractivity contribution in [3.05, 3.63) is 57.5 Å². The Kier molecular flexibility index (Phi) is 5.51. The van der Waals surface area contributed by atoms with Crippen LogP contribution in [0, 0.1) is 25.2 Å². The maximum absolute atomic E-state index is 12.1. The van der Waals surface area contributed by atoms with Crippen LogP contribution in [-0.4, -0.2) is 19.0 Å². The predicted molar refractivity (Wildman–Crippen MR) is 94.0 cm³/mol. The lowest BCUT2D eigenvalue weighted by Gasteiger charge is -1.99. The molecule has 1 heterocycles. The van der Waals surface area contributed by atoms with Crippen LogP contribution < -0.4 is 5.32 Å². The largest absolute Gasteiger partial charge is 0.465 e. The first-order valence-corrected chi connectivity index (χ1v) is 7.95. The van der Waals surface area contributed by atoms with Gasteiger partial charge >= 0.3 is 5.97 Å². The Bertz CT molecular complexity index is 842. The average Bonchev–Trinajstić information content (AvgIpc) is 2.89. The lowest BCUT2D eigenvalue weighted by Crippen LogP contribution is -2.07. The Labute approximate surface area is 144 Å². The minimum Gasteiger partial charge on any atom is -0.465 e. The summed E-state index contributed by atoms with van der Waals surface area (Å²) in [5.41, 5.74) is 2.82. The van der Waals surface area contributed by atoms with E-state index in [9.17, 15) is 14.9 Å². The number of rotatable bonds is 4. The maximum Gasteiger partial charge on any atom is 0.348 e. The number of esters is 1. The van der Waals surface area contributed by atoms with E-state index in [2.05, 4.69) is 10.1 Å². The van der Waals surface area contributed by atoms with Crippen LogP contribution in [-0.2, 0) is 9.53 Å². The summed E-state index contributed by atoms with van der Waals surface area (Å²) in [4.78, 5) is 24.1. The number of nitriles is 1. The molecule has 0 saturated heterocycles. The molecule has 0 radical (unpaired) electrons. The number of nitrogens with zero attached hydrogens (tertiary/aromatic N) is 1. The van der Waals surface area contributed by atoms with Crippen molar-refractivity contribution in [3.63, 3.8) is 0 Å². The molecule has 1 amide bonds. The van der Waals surface area contributed by atoms with E-state index in [1.54, 1.807) is 13.0 Å². The van der Waals surface area contributed by atoms with E-state index in [-0.39, 0.29) is 11.5 Å². The molecule has 0 bridgehead atoms. The van der Waals surface area contributed by atoms with E-state index >= 15 is 0 Å². The van der Waals surface area contributed by atoms with Crippen LogP contribution >= 0.6 is 11.3 Å². The van der Waals surface area contributed by atoms with Gasteiger partial charge in [-0.1, -0.05) is 29.8 Å². The number of ether oxygens (including phenoxy) is 1. The zero-order valence-electron chi connectivity index (χ0n) is 13.5. The lowest BCUT2D eigenvalue weighted by molar-refractivity contribution is -0.111. The summed E-state index contributed by atoms with van der Waals surface area (Å²) in [5.74, 6) is -0.894. The highest BCUT2D eigenvalue weighted by molar-refractivity contribution is 7.18. The Hall–Kier alpha value is -2.91. The van der Waals surface area contributed by atoms with Gasteiger partial charge in [-0.05, 0) is 31.1 Å². The first-order valence-electron chi connectivity index (χ1n) is 7.13. The van der Waals surface area contributed by atoms with Gasteiger partial charge in [0.1, 0.15) is 15.9 Å². The number of hydrogen-bond donors (Lipinski definition) is 1. The van der Waals surface area contributed by atoms with Gasteiger partial charge in [0, 0.05) is 6.08 Å². The van der Waals surface area contributed by atoms with Crippen molar-refractivity contribution < 1.29 is 14.3 Å². The number of thiophene rings is 1. The molecule has 1 aromatic heterocycles. The normalized spacial score (nSPS) is 10.4. The predicted octanol–water partition coefficient (Wildman–Crippen LogP) is 3.68. The van der Waals surface area contributed by atoms with Crippen LogP contribution in [0.25, 0.3) is 6.08 Å². The molecule has 0 spiro atoms. The topological polar surface area (TPSA) is 79.2 Å². The third-order valence-electron chi connectivity index (χ3n) is 3.37. The summed E-state index contributed by atoms with van der Waals surface area (Å²) >= 11 is 1.03. The summed E-state index contributed by atoms with van der Waals surface area (Å²) in [6.07, 6.45) is 3.07. The number of amides is 1. The van der Waals surface area contributed by atoms with Gasteiger partial charge in [-0.2, -0.15) is 5.26 Å². The Morgan fingerprint density at radius 3 is 2.50 bits per heavy atom. The summed E-state index contributed by atoms with van der Waals surface area (Å²) in [7, 11) is 1.27. The third-order valence-corrected chi connectivity index (χ3v) is 4.56. The fourth-order valence-electron chi connectivity index (χ4n) is 2.03. The van der Waals surface area contributed by atoms with Gasteiger partial charge in [0.25, 0.3) is 0 Å². The number of benzene rings is 1. The van der Waals surface area contributed by atoms with Crippen molar-refractivity contribution in [1.29, 1.82) is 5.26 Å². The Morgan fingerprint density at radius 2 is 1.92 bits per heavy atom. The molecule has 2 aromatic rings. The van der Waals surface area contributed by atoms with Crippen LogP contribution in [0.2, 0.25) is 0 Å². The van der Waals surface area contributed by atoms with E-state index in [0.29, 0.717) is 15.4 Å². The Morgan fingerprint density at radius 1 is 1.25 bits per heavy atom. The van der Waals surface area contributed by atoms with Gasteiger partial charge < -0.3 is 10.1 Å². The molecule has 0 unspecified atom stereocenters. The fourth-order valence-corrected chi connectivity index (χ4v) is 3.10. The zero-order valence-corrected chi connectivity index (χ0v) is 14.4. The summed E-state index contributed by atoms with van der Waals surface area (Å²) < 4.78 is 4.69. The van der Waals surface area contributed by atoms with E-state index in [4.69, 9.17) is 0 Å². The first kappa shape index (κ1) is 17.4. The van der Waals surface area contributed by atoms with Gasteiger partial charge in [-0.25, -0.2) is 4.79 Å². The van der Waals surface area contributed by atoms with E-state index in [1.807, 2.05) is 37.3 Å². The first-order chi connectivity index (χ1) is 11.5. The molecule has 1 aromatic carbocycles. The molecular formula is C18H16N2O3S. The number of carbonyl (C=O) groups excluding carboxylic acids is 2. The molecule has 2 rings (SSSR count). The number of hydrogen-bond acceptors (Lipinski definition) is 5. The molecule has 0 atom stereocenters. The highest BCUT2D eigenvalue weighted by atomic mass is 32.1. The molecule has 0 aliphatic carbocycles. The number of anilines is 1. The van der Waals surface area contributed by atoms with Gasteiger partial charge in [-0.3, -0.25) is 4.79 Å². The van der Waals surface area contributed by atoms with Crippen LogP contribution in [0.1, 0.15) is 31.9 Å². The number of carbonyl (C=O) groups is 2. The van der Waals surface area contributed by atoms with E-state index in [1.165, 1.54) is 13.2 Å². The molecule has 0 saturated carbocycles. The van der Waals surface area contributed by atoms with Crippen molar-refractivity contribution >= 4 is 34.3 Å². The minimum atomic E-state index is -0.523. The van der Waals surface area contributed by atoms with Crippen molar-refractivity contribution in [1.82, 2.24) is 0 Å². The molecule has 0 fully saturated rings. The second kappa shape index (κ2) is 7.57. The fraction of sp³-hybridized carbons (Fsp3) is 0.167. The zero-order chi connectivity index (χ0) is 17.7. The van der Waals surface area contributed by atoms with Gasteiger partial charge in [-0.15, -0.1) is 11.3 Å². The highest BCUT2D eigenvalue weighted by Gasteiger charge is 2.21. The molecule has 0 aliphatic rings. The second-order valence-corrected chi connectivity index (χ2v) is 6.12. The second-order valence-electron chi connectivity index (χ2n) is 5.10. The van der Waals surface area contributed by atoms with E-state index in [0.717, 1.165) is 22.5 Å². The smallest absolute Gasteiger partial charge is 0.348 e. The summed E-state index contributed by atoms with van der Waals surface area (Å²) in [6.45, 7) is 3.64. The van der Waals surface area contributed by atoms with Gasteiger partial charge in [0.05, 0.1) is 12.7 Å². The van der Waals surface area contributed by atoms with Crippen LogP contribution in [0.5, 0.6) is 0 Å². The van der Waals surface area contributed by atoms with Crippen LogP contribution in [0.4, 0.5) is 5.00 Å². The molecular weight excluding hydrogens is 324 g/mol. The molecule has 6 heteroatoms. The minimum absolute atomic E-state index is 0.275. The summed E-state index contributed by atoms with van der Waals surface area (Å²) in [6, 6.07) is 9.74. The number of nitrogens with one attached hydrogen (secondary N) is 1. The number of methoxy groups -OCH3 is 1. The quantitative estimate of drug-likeness (QED) is 0.680. The summed E-state index contributed by atoms with van der Waals surface area (Å²) in [5, 5.41) is 12.2. The highest BCUT2D eigenvalue weighted by Crippen LogP contribution is 2.32. The molecule has 1 N–H and O–H groups in total. The third kappa shape index (κ3) is 3.89. The van der Waals surface area contributed by atoms with Crippen molar-refractivity contribution in [2.75, 3.05) is 12.4 Å². The molecule has 5 nitrogen and oxygen atoms in total. The van der Waals surface area contributed by atoms with Gasteiger partial charge in [0.2, 0.25) is 5.91 Å². The monoisotopic (exact) mass is 340 g/mol. The van der Waals surface area contributed by atoms with Crippen molar-refractivity contribution in [2.24, 2.45) is 0 Å². The van der Waals surface area contributed by atoms with Crippen molar-refractivity contribution in [3.8, 4) is 6.07 Å². The SMILES string of the molecule is COC(=O)c1sc(NC(=O)C=Cc2ccc(C)cc2)c(C#N)c1C. The molecule has 0 aliphatic heterocycles. The van der Waals surface area contributed by atoms with Crippen molar-refractivity contribution in [2.45, 2.75) is 13.8 Å². The number of aryl methyl sites for hydroxylation is 1. The lowest BCUT2D eigenvalue weighted by atomic mass is 10.1. The molecule has 122 valence electrons. The van der Waals surface area contributed by atoms with Crippen LogP contribution in [0.15, 0.2) is 30.3 Å². The standard InChI is InChI=1S/C18H16N2O3S/c1-11-4-6-13(7-5-11)8-9-15(21)20-17-14(10-19)12(2)16(24-17)18(22)23-3/h4-9H,1-3H3,(H,20,21). The maximum atomic E-state index is 12.1. The molecule has 24 heavy (non-hydrogen) atoms. The van der Waals surface area contributed by atoms with Gasteiger partial charge in [0.15, 0.2) is 0 Å².